The molecule has 0 radical (unpaired) electrons. The van der Waals surface area contributed by atoms with Crippen LogP contribution in [0.2, 0.25) is 0 Å². The summed E-state index contributed by atoms with van der Waals surface area (Å²) >= 11 is 0. The van der Waals surface area contributed by atoms with Crippen LogP contribution in [0.3, 0.4) is 0 Å². The van der Waals surface area contributed by atoms with Gasteiger partial charge < -0.3 is 9.64 Å². The Morgan fingerprint density at radius 2 is 1.78 bits per heavy atom. The van der Waals surface area contributed by atoms with Crippen molar-refractivity contribution in [1.82, 2.24) is 4.90 Å². The van der Waals surface area contributed by atoms with Crippen LogP contribution in [0.1, 0.15) is 57.3 Å². The second-order valence-electron chi connectivity index (χ2n) is 7.51. The smallest absolute Gasteiger partial charge is 0.337 e. The van der Waals surface area contributed by atoms with Gasteiger partial charge in [0.2, 0.25) is 11.8 Å². The largest absolute Gasteiger partial charge is 0.465 e. The molecule has 1 heterocycles. The number of hydrogen-bond donors (Lipinski definition) is 0. The van der Waals surface area contributed by atoms with Gasteiger partial charge in [-0.05, 0) is 51.5 Å². The van der Waals surface area contributed by atoms with Gasteiger partial charge in [-0.3, -0.25) is 14.4 Å². The second-order valence-corrected chi connectivity index (χ2v) is 7.51. The van der Waals surface area contributed by atoms with Gasteiger partial charge in [-0.25, -0.2) is 9.69 Å². The van der Waals surface area contributed by atoms with E-state index < -0.39 is 23.5 Å². The molecule has 1 aliphatic heterocycles. The normalized spacial score (nSPS) is 17.2. The Balaban J connectivity index is 2.32. The fourth-order valence-corrected chi connectivity index (χ4v) is 3.30. The van der Waals surface area contributed by atoms with E-state index in [2.05, 4.69) is 4.74 Å². The molecule has 0 spiro atoms. The SMILES string of the molecule is CCCC(=O)N(C1CC(=O)N(c2ccc(C(=O)OC)cc2)C1=O)C(C)(C)C. The van der Waals surface area contributed by atoms with E-state index in [0.717, 1.165) is 4.90 Å². The number of amides is 3. The van der Waals surface area contributed by atoms with Crippen molar-refractivity contribution in [3.05, 3.63) is 29.8 Å². The molecule has 1 aromatic rings. The first kappa shape index (κ1) is 20.6. The van der Waals surface area contributed by atoms with Gasteiger partial charge in [-0.2, -0.15) is 0 Å². The molecule has 1 saturated heterocycles. The number of ether oxygens (including phenoxy) is 1. The second kappa shape index (κ2) is 7.90. The van der Waals surface area contributed by atoms with Crippen molar-refractivity contribution in [2.45, 2.75) is 58.5 Å². The Hall–Kier alpha value is -2.70. The lowest BCUT2D eigenvalue weighted by atomic mass is 10.0. The van der Waals surface area contributed by atoms with Crippen molar-refractivity contribution in [3.63, 3.8) is 0 Å². The van der Waals surface area contributed by atoms with Crippen molar-refractivity contribution in [3.8, 4) is 0 Å². The van der Waals surface area contributed by atoms with Crippen LogP contribution in [0.4, 0.5) is 5.69 Å². The molecule has 0 bridgehead atoms. The highest BCUT2D eigenvalue weighted by atomic mass is 16.5. The lowest BCUT2D eigenvalue weighted by Gasteiger charge is -2.39. The molecule has 0 aromatic heterocycles. The highest BCUT2D eigenvalue weighted by Gasteiger charge is 2.47. The van der Waals surface area contributed by atoms with Gasteiger partial charge in [-0.1, -0.05) is 6.92 Å². The van der Waals surface area contributed by atoms with Crippen molar-refractivity contribution < 1.29 is 23.9 Å². The summed E-state index contributed by atoms with van der Waals surface area (Å²) in [6.45, 7) is 7.46. The van der Waals surface area contributed by atoms with E-state index in [4.69, 9.17) is 0 Å². The van der Waals surface area contributed by atoms with Gasteiger partial charge in [0.1, 0.15) is 6.04 Å². The maximum atomic E-state index is 13.0. The zero-order valence-electron chi connectivity index (χ0n) is 16.4. The molecule has 1 fully saturated rings. The average Bonchev–Trinajstić information content (AvgIpc) is 2.87. The van der Waals surface area contributed by atoms with Crippen LogP contribution in [-0.4, -0.2) is 47.3 Å². The molecule has 7 heteroatoms. The minimum Gasteiger partial charge on any atom is -0.465 e. The summed E-state index contributed by atoms with van der Waals surface area (Å²) in [6, 6.07) is 5.23. The summed E-state index contributed by atoms with van der Waals surface area (Å²) in [5.41, 5.74) is 0.112. The van der Waals surface area contributed by atoms with Gasteiger partial charge in [-0.15, -0.1) is 0 Å². The van der Waals surface area contributed by atoms with Crippen LogP contribution in [0.15, 0.2) is 24.3 Å². The van der Waals surface area contributed by atoms with Crippen molar-refractivity contribution in [1.29, 1.82) is 0 Å². The first-order valence-electron chi connectivity index (χ1n) is 8.99. The molecule has 1 atom stereocenters. The number of nitrogens with zero attached hydrogens (tertiary/aromatic N) is 2. The minimum absolute atomic E-state index is 0.0513. The maximum Gasteiger partial charge on any atom is 0.337 e. The maximum absolute atomic E-state index is 13.0. The lowest BCUT2D eigenvalue weighted by Crippen LogP contribution is -2.54. The quantitative estimate of drug-likeness (QED) is 0.584. The van der Waals surface area contributed by atoms with Gasteiger partial charge in [0.25, 0.3) is 5.91 Å². The van der Waals surface area contributed by atoms with Gasteiger partial charge >= 0.3 is 5.97 Å². The van der Waals surface area contributed by atoms with Gasteiger partial charge in [0.05, 0.1) is 24.8 Å². The highest BCUT2D eigenvalue weighted by molar-refractivity contribution is 6.23. The van der Waals surface area contributed by atoms with Crippen LogP contribution in [-0.2, 0) is 19.1 Å². The Bertz CT molecular complexity index is 749. The molecule has 1 aliphatic rings. The summed E-state index contributed by atoms with van der Waals surface area (Å²) in [5.74, 6) is -1.43. The number of hydrogen-bond acceptors (Lipinski definition) is 5. The van der Waals surface area contributed by atoms with E-state index in [1.54, 1.807) is 0 Å². The predicted molar refractivity (Wildman–Crippen MR) is 100 cm³/mol. The Labute approximate surface area is 159 Å². The zero-order valence-corrected chi connectivity index (χ0v) is 16.4. The molecular weight excluding hydrogens is 348 g/mol. The number of anilines is 1. The van der Waals surface area contributed by atoms with E-state index in [-0.39, 0.29) is 18.2 Å². The third-order valence-electron chi connectivity index (χ3n) is 4.44. The van der Waals surface area contributed by atoms with Crippen LogP contribution in [0.25, 0.3) is 0 Å². The first-order chi connectivity index (χ1) is 12.6. The zero-order chi connectivity index (χ0) is 20.4. The van der Waals surface area contributed by atoms with Crippen molar-refractivity contribution >= 4 is 29.4 Å². The van der Waals surface area contributed by atoms with Crippen molar-refractivity contribution in [2.75, 3.05) is 12.0 Å². The van der Waals surface area contributed by atoms with Crippen LogP contribution in [0.5, 0.6) is 0 Å². The highest BCUT2D eigenvalue weighted by Crippen LogP contribution is 2.30. The van der Waals surface area contributed by atoms with Crippen molar-refractivity contribution in [2.24, 2.45) is 0 Å². The van der Waals surface area contributed by atoms with E-state index >= 15 is 0 Å². The lowest BCUT2D eigenvalue weighted by molar-refractivity contribution is -0.144. The number of carbonyl (C=O) groups is 4. The number of benzene rings is 1. The third-order valence-corrected chi connectivity index (χ3v) is 4.44. The standard InChI is InChI=1S/C20H26N2O5/c1-6-7-16(23)22(20(2,3)4)15-12-17(24)21(18(15)25)14-10-8-13(9-11-14)19(26)27-5/h8-11,15H,6-7,12H2,1-5H3. The number of rotatable bonds is 5. The van der Waals surface area contributed by atoms with E-state index in [1.807, 2.05) is 27.7 Å². The number of carbonyl (C=O) groups excluding carboxylic acids is 4. The van der Waals surface area contributed by atoms with Gasteiger partial charge in [0.15, 0.2) is 0 Å². The summed E-state index contributed by atoms with van der Waals surface area (Å²) in [4.78, 5) is 52.3. The number of imide groups is 1. The molecule has 146 valence electrons. The van der Waals surface area contributed by atoms with Crippen LogP contribution in [0, 0.1) is 0 Å². The van der Waals surface area contributed by atoms with Gasteiger partial charge in [0, 0.05) is 12.0 Å². The fourth-order valence-electron chi connectivity index (χ4n) is 3.30. The molecule has 7 nitrogen and oxygen atoms in total. The molecule has 0 N–H and O–H groups in total. The Morgan fingerprint density at radius 3 is 2.26 bits per heavy atom. The number of esters is 1. The Kier molecular flexibility index (Phi) is 6.03. The van der Waals surface area contributed by atoms with E-state index in [0.29, 0.717) is 24.1 Å². The van der Waals surface area contributed by atoms with E-state index in [1.165, 1.54) is 36.3 Å². The molecule has 1 unspecified atom stereocenters. The molecule has 3 amide bonds. The Morgan fingerprint density at radius 1 is 1.19 bits per heavy atom. The predicted octanol–water partition coefficient (Wildman–Crippen LogP) is 2.53. The molecule has 2 rings (SSSR count). The summed E-state index contributed by atoms with van der Waals surface area (Å²) in [6.07, 6.45) is 0.937. The monoisotopic (exact) mass is 374 g/mol. The topological polar surface area (TPSA) is 84.0 Å². The molecule has 0 saturated carbocycles. The first-order valence-corrected chi connectivity index (χ1v) is 8.99. The number of methoxy groups -OCH3 is 1. The molecule has 1 aromatic carbocycles. The summed E-state index contributed by atoms with van der Waals surface area (Å²) < 4.78 is 4.65. The third kappa shape index (κ3) is 4.18. The van der Waals surface area contributed by atoms with E-state index in [9.17, 15) is 19.2 Å². The summed E-state index contributed by atoms with van der Waals surface area (Å²) in [5, 5.41) is 0. The summed E-state index contributed by atoms with van der Waals surface area (Å²) in [7, 11) is 1.28. The minimum atomic E-state index is -0.822. The molecular formula is C20H26N2O5. The molecule has 27 heavy (non-hydrogen) atoms. The van der Waals surface area contributed by atoms with Crippen LogP contribution < -0.4 is 4.90 Å². The average molecular weight is 374 g/mol. The fraction of sp³-hybridized carbons (Fsp3) is 0.500. The molecule has 0 aliphatic carbocycles. The van der Waals surface area contributed by atoms with Crippen LogP contribution >= 0.6 is 0 Å².